The fourth-order valence-corrected chi connectivity index (χ4v) is 4.04. The molecule has 0 bridgehead atoms. The minimum atomic E-state index is -0.570. The lowest BCUT2D eigenvalue weighted by Crippen LogP contribution is -2.43. The molecular weight excluding hydrogens is 427 g/mol. The molecule has 25 heavy (non-hydrogen) atoms. The zero-order valence-corrected chi connectivity index (χ0v) is 18.8. The summed E-state index contributed by atoms with van der Waals surface area (Å²) in [6.45, 7) is 13.7. The molecule has 0 aromatic rings. The van der Waals surface area contributed by atoms with Crippen molar-refractivity contribution in [1.29, 1.82) is 0 Å². The molecule has 1 heterocycles. The molecule has 0 spiro atoms. The first-order valence-electron chi connectivity index (χ1n) is 10.1. The van der Waals surface area contributed by atoms with E-state index in [-0.39, 0.29) is 24.0 Å². The SMILES string of the molecule is CCNC(=NCC1(O)CCCCC1)N1CCC(CN(CC)CC)C1.I. The van der Waals surface area contributed by atoms with Crippen LogP contribution in [0.15, 0.2) is 4.99 Å². The Morgan fingerprint density at radius 1 is 1.20 bits per heavy atom. The first-order chi connectivity index (χ1) is 11.6. The summed E-state index contributed by atoms with van der Waals surface area (Å²) in [6, 6.07) is 0. The molecule has 0 amide bonds. The minimum Gasteiger partial charge on any atom is -0.388 e. The van der Waals surface area contributed by atoms with Crippen molar-refractivity contribution in [2.24, 2.45) is 10.9 Å². The maximum atomic E-state index is 10.7. The van der Waals surface area contributed by atoms with Crippen molar-refractivity contribution in [2.45, 2.75) is 64.9 Å². The summed E-state index contributed by atoms with van der Waals surface area (Å²) in [7, 11) is 0. The van der Waals surface area contributed by atoms with Crippen molar-refractivity contribution < 1.29 is 5.11 Å². The first kappa shape index (κ1) is 23.0. The Morgan fingerprint density at radius 2 is 1.88 bits per heavy atom. The molecule has 6 heteroatoms. The van der Waals surface area contributed by atoms with E-state index in [0.29, 0.717) is 6.54 Å². The molecule has 2 rings (SSSR count). The van der Waals surface area contributed by atoms with Gasteiger partial charge in [0.15, 0.2) is 5.96 Å². The van der Waals surface area contributed by atoms with E-state index < -0.39 is 5.60 Å². The van der Waals surface area contributed by atoms with Gasteiger partial charge >= 0.3 is 0 Å². The van der Waals surface area contributed by atoms with E-state index in [1.807, 2.05) is 0 Å². The van der Waals surface area contributed by atoms with E-state index in [1.54, 1.807) is 0 Å². The molecule has 1 atom stereocenters. The lowest BCUT2D eigenvalue weighted by Gasteiger charge is -2.31. The molecule has 5 nitrogen and oxygen atoms in total. The highest BCUT2D eigenvalue weighted by Crippen LogP contribution is 2.28. The number of aliphatic hydroxyl groups is 1. The third kappa shape index (κ3) is 7.21. The number of nitrogens with zero attached hydrogens (tertiary/aromatic N) is 3. The van der Waals surface area contributed by atoms with Gasteiger partial charge in [-0.05, 0) is 45.2 Å². The second-order valence-electron chi connectivity index (χ2n) is 7.54. The van der Waals surface area contributed by atoms with Crippen LogP contribution in [0.2, 0.25) is 0 Å². The number of likely N-dealkylation sites (tertiary alicyclic amines) is 1. The summed E-state index contributed by atoms with van der Waals surface area (Å²) in [5.41, 5.74) is -0.570. The number of hydrogen-bond donors (Lipinski definition) is 2. The van der Waals surface area contributed by atoms with Crippen molar-refractivity contribution in [3.63, 3.8) is 0 Å². The predicted molar refractivity (Wildman–Crippen MR) is 117 cm³/mol. The van der Waals surface area contributed by atoms with Crippen LogP contribution in [0.5, 0.6) is 0 Å². The summed E-state index contributed by atoms with van der Waals surface area (Å²) in [5.74, 6) is 1.73. The average Bonchev–Trinajstić information content (AvgIpc) is 3.05. The van der Waals surface area contributed by atoms with Crippen LogP contribution in [0.4, 0.5) is 0 Å². The van der Waals surface area contributed by atoms with Gasteiger partial charge in [-0.25, -0.2) is 0 Å². The molecule has 1 aliphatic heterocycles. The van der Waals surface area contributed by atoms with Crippen LogP contribution in [-0.2, 0) is 0 Å². The van der Waals surface area contributed by atoms with Crippen molar-refractivity contribution in [3.8, 4) is 0 Å². The summed E-state index contributed by atoms with van der Waals surface area (Å²) < 4.78 is 0. The fraction of sp³-hybridized carbons (Fsp3) is 0.947. The van der Waals surface area contributed by atoms with Crippen LogP contribution < -0.4 is 5.32 Å². The largest absolute Gasteiger partial charge is 0.388 e. The van der Waals surface area contributed by atoms with Crippen molar-refractivity contribution in [2.75, 3.05) is 45.8 Å². The zero-order chi connectivity index (χ0) is 17.4. The van der Waals surface area contributed by atoms with E-state index >= 15 is 0 Å². The number of rotatable bonds is 7. The van der Waals surface area contributed by atoms with Gasteiger partial charge in [-0.2, -0.15) is 0 Å². The topological polar surface area (TPSA) is 51.1 Å². The van der Waals surface area contributed by atoms with Crippen LogP contribution >= 0.6 is 24.0 Å². The molecule has 2 aliphatic rings. The van der Waals surface area contributed by atoms with E-state index in [0.717, 1.165) is 70.3 Å². The van der Waals surface area contributed by atoms with Crippen molar-refractivity contribution >= 4 is 29.9 Å². The standard InChI is InChI=1S/C19H38N4O.HI/c1-4-20-18(21-16-19(24)11-8-7-9-12-19)23-13-10-17(15-23)14-22(5-2)6-3;/h17,24H,4-16H2,1-3H3,(H,20,21);1H. The fourth-order valence-electron chi connectivity index (χ4n) is 4.04. The Labute approximate surface area is 171 Å². The molecular formula is C19H39IN4O. The number of aliphatic imine (C=N–C) groups is 1. The van der Waals surface area contributed by atoms with Gasteiger partial charge < -0.3 is 20.2 Å². The molecule has 1 saturated heterocycles. The molecule has 1 aliphatic carbocycles. The van der Waals surface area contributed by atoms with E-state index in [2.05, 4.69) is 35.9 Å². The molecule has 2 N–H and O–H groups in total. The third-order valence-corrected chi connectivity index (χ3v) is 5.64. The smallest absolute Gasteiger partial charge is 0.194 e. The van der Waals surface area contributed by atoms with Gasteiger partial charge in [0.25, 0.3) is 0 Å². The maximum Gasteiger partial charge on any atom is 0.194 e. The molecule has 1 saturated carbocycles. The number of nitrogens with one attached hydrogen (secondary N) is 1. The number of hydrogen-bond acceptors (Lipinski definition) is 3. The van der Waals surface area contributed by atoms with Crippen LogP contribution in [0, 0.1) is 5.92 Å². The first-order valence-corrected chi connectivity index (χ1v) is 10.1. The van der Waals surface area contributed by atoms with Gasteiger partial charge in [0.1, 0.15) is 0 Å². The predicted octanol–water partition coefficient (Wildman–Crippen LogP) is 2.93. The van der Waals surface area contributed by atoms with E-state index in [4.69, 9.17) is 4.99 Å². The lowest BCUT2D eigenvalue weighted by atomic mass is 9.85. The van der Waals surface area contributed by atoms with Crippen LogP contribution in [-0.4, -0.2) is 72.3 Å². The van der Waals surface area contributed by atoms with Gasteiger partial charge in [0.2, 0.25) is 0 Å². The van der Waals surface area contributed by atoms with Crippen LogP contribution in [0.25, 0.3) is 0 Å². The normalized spacial score (nSPS) is 23.6. The van der Waals surface area contributed by atoms with Gasteiger partial charge in [0, 0.05) is 26.2 Å². The van der Waals surface area contributed by atoms with E-state index in [9.17, 15) is 5.11 Å². The molecule has 0 radical (unpaired) electrons. The molecule has 148 valence electrons. The highest BCUT2D eigenvalue weighted by Gasteiger charge is 2.30. The third-order valence-electron chi connectivity index (χ3n) is 5.64. The Morgan fingerprint density at radius 3 is 2.48 bits per heavy atom. The quantitative estimate of drug-likeness (QED) is 0.344. The average molecular weight is 466 g/mol. The van der Waals surface area contributed by atoms with Gasteiger partial charge in [-0.3, -0.25) is 4.99 Å². The molecule has 0 aromatic carbocycles. The highest BCUT2D eigenvalue weighted by atomic mass is 127. The number of halogens is 1. The number of guanidine groups is 1. The van der Waals surface area contributed by atoms with Gasteiger partial charge in [0.05, 0.1) is 12.1 Å². The Hall–Kier alpha value is -0.0800. The summed E-state index contributed by atoms with van der Waals surface area (Å²) in [6.07, 6.45) is 6.58. The Bertz CT molecular complexity index is 395. The van der Waals surface area contributed by atoms with Crippen LogP contribution in [0.3, 0.4) is 0 Å². The second-order valence-corrected chi connectivity index (χ2v) is 7.54. The monoisotopic (exact) mass is 466 g/mol. The zero-order valence-electron chi connectivity index (χ0n) is 16.5. The van der Waals surface area contributed by atoms with Crippen LogP contribution in [0.1, 0.15) is 59.3 Å². The molecule has 1 unspecified atom stereocenters. The van der Waals surface area contributed by atoms with Crippen molar-refractivity contribution in [1.82, 2.24) is 15.1 Å². The summed E-state index contributed by atoms with van der Waals surface area (Å²) in [4.78, 5) is 9.72. The maximum absolute atomic E-state index is 10.7. The van der Waals surface area contributed by atoms with Gasteiger partial charge in [-0.1, -0.05) is 33.1 Å². The summed E-state index contributed by atoms with van der Waals surface area (Å²) in [5, 5.41) is 14.1. The second kappa shape index (κ2) is 11.6. The van der Waals surface area contributed by atoms with Crippen molar-refractivity contribution in [3.05, 3.63) is 0 Å². The Kier molecular flexibility index (Phi) is 10.6. The van der Waals surface area contributed by atoms with Gasteiger partial charge in [-0.15, -0.1) is 24.0 Å². The molecule has 2 fully saturated rings. The Balaban J connectivity index is 0.00000312. The summed E-state index contributed by atoms with van der Waals surface area (Å²) >= 11 is 0. The minimum absolute atomic E-state index is 0. The van der Waals surface area contributed by atoms with E-state index in [1.165, 1.54) is 19.4 Å². The lowest BCUT2D eigenvalue weighted by molar-refractivity contribution is 0.0130. The highest BCUT2D eigenvalue weighted by molar-refractivity contribution is 14.0. The molecule has 0 aromatic heterocycles.